The lowest BCUT2D eigenvalue weighted by Gasteiger charge is -2.45. The van der Waals surface area contributed by atoms with Crippen LogP contribution < -0.4 is 0 Å². The van der Waals surface area contributed by atoms with Crippen LogP contribution in [0.15, 0.2) is 0 Å². The van der Waals surface area contributed by atoms with Crippen molar-refractivity contribution in [2.24, 2.45) is 5.92 Å². The minimum Gasteiger partial charge on any atom is -0.481 e. The van der Waals surface area contributed by atoms with E-state index in [1.54, 1.807) is 7.11 Å². The van der Waals surface area contributed by atoms with Crippen molar-refractivity contribution in [3.05, 3.63) is 0 Å². The predicted octanol–water partition coefficient (Wildman–Crippen LogP) is 1.60. The first-order valence-electron chi connectivity index (χ1n) is 6.09. The van der Waals surface area contributed by atoms with Crippen LogP contribution in [-0.4, -0.2) is 48.3 Å². The van der Waals surface area contributed by atoms with Crippen molar-refractivity contribution < 1.29 is 14.6 Å². The Kier molecular flexibility index (Phi) is 5.22. The molecule has 1 saturated carbocycles. The van der Waals surface area contributed by atoms with E-state index in [4.69, 9.17) is 9.84 Å². The highest BCUT2D eigenvalue weighted by Gasteiger charge is 2.41. The molecule has 4 heteroatoms. The van der Waals surface area contributed by atoms with E-state index < -0.39 is 5.97 Å². The van der Waals surface area contributed by atoms with Gasteiger partial charge in [-0.3, -0.25) is 9.69 Å². The molecule has 94 valence electrons. The summed E-state index contributed by atoms with van der Waals surface area (Å²) in [5.74, 6) is -0.826. The standard InChI is InChI=1S/C12H23NO3/c1-4-9(2)13(7-8-16-3)11-6-5-10(11)12(14)15/h9-11H,4-8H2,1-3H3,(H,14,15). The molecule has 0 aliphatic heterocycles. The van der Waals surface area contributed by atoms with Crippen LogP contribution in [0.2, 0.25) is 0 Å². The van der Waals surface area contributed by atoms with E-state index in [1.807, 2.05) is 0 Å². The molecule has 0 aromatic rings. The molecular formula is C12H23NO3. The lowest BCUT2D eigenvalue weighted by molar-refractivity contribution is -0.150. The first-order chi connectivity index (χ1) is 7.61. The Balaban J connectivity index is 2.57. The normalized spacial score (nSPS) is 26.5. The quantitative estimate of drug-likeness (QED) is 0.720. The molecule has 3 atom stereocenters. The van der Waals surface area contributed by atoms with Crippen molar-refractivity contribution in [3.63, 3.8) is 0 Å². The monoisotopic (exact) mass is 229 g/mol. The number of nitrogens with zero attached hydrogens (tertiary/aromatic N) is 1. The highest BCUT2D eigenvalue weighted by Crippen LogP contribution is 2.33. The molecule has 1 fully saturated rings. The molecule has 0 aromatic heterocycles. The Morgan fingerprint density at radius 2 is 2.25 bits per heavy atom. The number of carboxylic acid groups (broad SMARTS) is 1. The number of hydrogen-bond acceptors (Lipinski definition) is 3. The van der Waals surface area contributed by atoms with E-state index in [9.17, 15) is 4.79 Å². The maximum Gasteiger partial charge on any atom is 0.308 e. The van der Waals surface area contributed by atoms with Crippen LogP contribution >= 0.6 is 0 Å². The molecule has 1 N–H and O–H groups in total. The minimum atomic E-state index is -0.651. The Morgan fingerprint density at radius 1 is 1.56 bits per heavy atom. The Bertz CT molecular complexity index is 232. The Morgan fingerprint density at radius 3 is 2.62 bits per heavy atom. The van der Waals surface area contributed by atoms with Crippen LogP contribution in [0.25, 0.3) is 0 Å². The summed E-state index contributed by atoms with van der Waals surface area (Å²) in [6.07, 6.45) is 2.87. The fraction of sp³-hybridized carbons (Fsp3) is 0.917. The molecule has 0 aromatic carbocycles. The highest BCUT2D eigenvalue weighted by molar-refractivity contribution is 5.72. The molecule has 1 aliphatic rings. The average molecular weight is 229 g/mol. The summed E-state index contributed by atoms with van der Waals surface area (Å²) >= 11 is 0. The van der Waals surface area contributed by atoms with Gasteiger partial charge in [0.25, 0.3) is 0 Å². The van der Waals surface area contributed by atoms with Gasteiger partial charge in [0.05, 0.1) is 12.5 Å². The van der Waals surface area contributed by atoms with Gasteiger partial charge >= 0.3 is 5.97 Å². The number of ether oxygens (including phenoxy) is 1. The zero-order valence-electron chi connectivity index (χ0n) is 10.5. The van der Waals surface area contributed by atoms with Gasteiger partial charge < -0.3 is 9.84 Å². The molecule has 0 radical (unpaired) electrons. The lowest BCUT2D eigenvalue weighted by Crippen LogP contribution is -2.54. The SMILES string of the molecule is CCC(C)N(CCOC)C1CCC1C(=O)O. The maximum atomic E-state index is 11.0. The number of rotatable bonds is 7. The van der Waals surface area contributed by atoms with Crippen molar-refractivity contribution in [2.75, 3.05) is 20.3 Å². The molecule has 0 amide bonds. The number of carboxylic acids is 1. The molecule has 1 aliphatic carbocycles. The van der Waals surface area contributed by atoms with Crippen LogP contribution in [-0.2, 0) is 9.53 Å². The molecule has 0 spiro atoms. The van der Waals surface area contributed by atoms with Gasteiger partial charge in [-0.25, -0.2) is 0 Å². The fourth-order valence-corrected chi connectivity index (χ4v) is 2.31. The van der Waals surface area contributed by atoms with E-state index in [0.717, 1.165) is 25.8 Å². The van der Waals surface area contributed by atoms with Gasteiger partial charge in [0.2, 0.25) is 0 Å². The van der Waals surface area contributed by atoms with Gasteiger partial charge in [0.15, 0.2) is 0 Å². The summed E-state index contributed by atoms with van der Waals surface area (Å²) in [5, 5.41) is 9.07. The molecule has 1 rings (SSSR count). The Hall–Kier alpha value is -0.610. The first-order valence-corrected chi connectivity index (χ1v) is 6.09. The van der Waals surface area contributed by atoms with Crippen LogP contribution in [0.5, 0.6) is 0 Å². The third-order valence-corrected chi connectivity index (χ3v) is 3.69. The van der Waals surface area contributed by atoms with E-state index in [2.05, 4.69) is 18.7 Å². The highest BCUT2D eigenvalue weighted by atomic mass is 16.5. The lowest BCUT2D eigenvalue weighted by atomic mass is 9.78. The number of carbonyl (C=O) groups is 1. The second-order valence-electron chi connectivity index (χ2n) is 4.58. The predicted molar refractivity (Wildman–Crippen MR) is 62.5 cm³/mol. The third kappa shape index (κ3) is 2.95. The van der Waals surface area contributed by atoms with Crippen molar-refractivity contribution >= 4 is 5.97 Å². The summed E-state index contributed by atoms with van der Waals surface area (Å²) in [6.45, 7) is 5.80. The Labute approximate surface area is 97.6 Å². The smallest absolute Gasteiger partial charge is 0.308 e. The zero-order valence-corrected chi connectivity index (χ0v) is 10.5. The van der Waals surface area contributed by atoms with Crippen molar-refractivity contribution in [2.45, 2.75) is 45.2 Å². The summed E-state index contributed by atoms with van der Waals surface area (Å²) in [7, 11) is 1.68. The fourth-order valence-electron chi connectivity index (χ4n) is 2.31. The number of hydrogen-bond donors (Lipinski definition) is 1. The van der Waals surface area contributed by atoms with Crippen molar-refractivity contribution in [1.82, 2.24) is 4.90 Å². The van der Waals surface area contributed by atoms with E-state index >= 15 is 0 Å². The van der Waals surface area contributed by atoms with E-state index in [0.29, 0.717) is 12.6 Å². The van der Waals surface area contributed by atoms with Gasteiger partial charge in [-0.05, 0) is 26.2 Å². The largest absolute Gasteiger partial charge is 0.481 e. The van der Waals surface area contributed by atoms with Gasteiger partial charge in [-0.15, -0.1) is 0 Å². The van der Waals surface area contributed by atoms with Gasteiger partial charge in [-0.1, -0.05) is 6.92 Å². The summed E-state index contributed by atoms with van der Waals surface area (Å²) in [6, 6.07) is 0.643. The first kappa shape index (κ1) is 13.5. The maximum absolute atomic E-state index is 11.0. The van der Waals surface area contributed by atoms with E-state index in [1.165, 1.54) is 0 Å². The number of aliphatic carboxylic acids is 1. The molecule has 4 nitrogen and oxygen atoms in total. The molecular weight excluding hydrogens is 206 g/mol. The second-order valence-corrected chi connectivity index (χ2v) is 4.58. The molecule has 3 unspecified atom stereocenters. The summed E-state index contributed by atoms with van der Waals surface area (Å²) < 4.78 is 5.09. The van der Waals surface area contributed by atoms with Crippen LogP contribution in [0.1, 0.15) is 33.1 Å². The second kappa shape index (κ2) is 6.21. The zero-order chi connectivity index (χ0) is 12.1. The summed E-state index contributed by atoms with van der Waals surface area (Å²) in [5.41, 5.74) is 0. The van der Waals surface area contributed by atoms with Gasteiger partial charge in [0.1, 0.15) is 0 Å². The minimum absolute atomic E-state index is 0.175. The van der Waals surface area contributed by atoms with Crippen LogP contribution in [0.3, 0.4) is 0 Å². The molecule has 0 saturated heterocycles. The van der Waals surface area contributed by atoms with Gasteiger partial charge in [0, 0.05) is 25.7 Å². The van der Waals surface area contributed by atoms with E-state index in [-0.39, 0.29) is 12.0 Å². The summed E-state index contributed by atoms with van der Waals surface area (Å²) in [4.78, 5) is 13.3. The number of methoxy groups -OCH3 is 1. The van der Waals surface area contributed by atoms with Crippen LogP contribution in [0, 0.1) is 5.92 Å². The molecule has 16 heavy (non-hydrogen) atoms. The van der Waals surface area contributed by atoms with Gasteiger partial charge in [-0.2, -0.15) is 0 Å². The van der Waals surface area contributed by atoms with Crippen LogP contribution in [0.4, 0.5) is 0 Å². The molecule has 0 heterocycles. The van der Waals surface area contributed by atoms with Crippen molar-refractivity contribution in [1.29, 1.82) is 0 Å². The molecule has 0 bridgehead atoms. The van der Waals surface area contributed by atoms with Crippen molar-refractivity contribution in [3.8, 4) is 0 Å². The third-order valence-electron chi connectivity index (χ3n) is 3.69. The topological polar surface area (TPSA) is 49.8 Å². The average Bonchev–Trinajstić information content (AvgIpc) is 2.20.